The largest absolute Gasteiger partial charge is 0.455 e. The Kier molecular flexibility index (Phi) is 8.47. The molecule has 0 fully saturated rings. The number of aromatic nitrogens is 2. The van der Waals surface area contributed by atoms with E-state index in [1.54, 1.807) is 13.8 Å². The van der Waals surface area contributed by atoms with Gasteiger partial charge in [-0.05, 0) is 85.9 Å². The van der Waals surface area contributed by atoms with Crippen molar-refractivity contribution in [3.05, 3.63) is 115 Å². The minimum Gasteiger partial charge on any atom is -0.455 e. The highest BCUT2D eigenvalue weighted by atomic mass is 19.4. The van der Waals surface area contributed by atoms with E-state index in [-0.39, 0.29) is 12.3 Å². The molecule has 266 valence electrons. The number of hydrogen-bond acceptors (Lipinski definition) is 2. The highest BCUT2D eigenvalue weighted by Crippen LogP contribution is 2.55. The predicted molar refractivity (Wildman–Crippen MR) is 209 cm³/mol. The molecule has 0 radical (unpaired) electrons. The molecule has 6 aromatic rings. The molecule has 0 saturated carbocycles. The molecule has 2 aromatic heterocycles. The van der Waals surface area contributed by atoms with E-state index in [0.717, 1.165) is 66.7 Å². The molecule has 4 nitrogen and oxygen atoms in total. The lowest BCUT2D eigenvalue weighted by molar-refractivity contribution is -0.547. The first-order valence-corrected chi connectivity index (χ1v) is 17.8. The molecule has 4 aromatic carbocycles. The van der Waals surface area contributed by atoms with Crippen LogP contribution >= 0.6 is 0 Å². The van der Waals surface area contributed by atoms with Crippen LogP contribution in [0, 0.1) is 17.3 Å². The summed E-state index contributed by atoms with van der Waals surface area (Å²) in [7, 11) is 0. The maximum absolute atomic E-state index is 14.9. The van der Waals surface area contributed by atoms with Crippen LogP contribution in [-0.4, -0.2) is 23.0 Å². The van der Waals surface area contributed by atoms with E-state index >= 15 is 0 Å². The average Bonchev–Trinajstić information content (AvgIpc) is 3.68. The highest BCUT2D eigenvalue weighted by Gasteiger charge is 2.60. The maximum Gasteiger partial charge on any atom is 0.392 e. The number of hydrogen-bond donors (Lipinski definition) is 0. The van der Waals surface area contributed by atoms with Gasteiger partial charge < -0.3 is 4.42 Å². The van der Waals surface area contributed by atoms with Crippen molar-refractivity contribution in [2.24, 2.45) is 22.2 Å². The van der Waals surface area contributed by atoms with E-state index in [4.69, 9.17) is 4.42 Å². The highest BCUT2D eigenvalue weighted by molar-refractivity contribution is 6.11. The van der Waals surface area contributed by atoms with Crippen LogP contribution in [0.2, 0.25) is 0 Å². The molecule has 0 bridgehead atoms. The Labute approximate surface area is 303 Å². The van der Waals surface area contributed by atoms with E-state index in [1.165, 1.54) is 6.92 Å². The van der Waals surface area contributed by atoms with Crippen LogP contribution in [0.25, 0.3) is 66.9 Å². The fourth-order valence-electron chi connectivity index (χ4n) is 8.54. The van der Waals surface area contributed by atoms with Gasteiger partial charge in [0, 0.05) is 16.2 Å². The molecular weight excluding hydrogens is 656 g/mol. The number of furan rings is 1. The molecule has 0 saturated heterocycles. The SMILES string of the molecule is C=C/C(=C(\C)n1c2[n+](c3ccccc31)C(=C)C(C)(N=C)C(C)(C(C)C(F)(F)F)CCc1ccc3c(oc4cc(-c5ccccc5)ccc43)c1-2)C(C)C. The van der Waals surface area contributed by atoms with Gasteiger partial charge in [-0.2, -0.15) is 22.3 Å². The maximum atomic E-state index is 14.9. The Bertz CT molecular complexity index is 2440. The quantitative estimate of drug-likeness (QED) is 0.0967. The lowest BCUT2D eigenvalue weighted by atomic mass is 9.60. The number of imidazole rings is 1. The summed E-state index contributed by atoms with van der Waals surface area (Å²) in [5.41, 5.74) is 6.43. The molecule has 0 spiro atoms. The van der Waals surface area contributed by atoms with Crippen LogP contribution < -0.4 is 4.57 Å². The van der Waals surface area contributed by atoms with Crippen LogP contribution in [0.5, 0.6) is 0 Å². The number of alkyl halides is 3. The summed E-state index contributed by atoms with van der Waals surface area (Å²) in [6.45, 7) is 23.8. The third kappa shape index (κ3) is 5.11. The van der Waals surface area contributed by atoms with Gasteiger partial charge >= 0.3 is 12.0 Å². The summed E-state index contributed by atoms with van der Waals surface area (Å²) in [6.07, 6.45) is -2.06. The predicted octanol–water partition coefficient (Wildman–Crippen LogP) is 12.3. The molecule has 52 heavy (non-hydrogen) atoms. The summed E-state index contributed by atoms with van der Waals surface area (Å²) in [5.74, 6) is -0.828. The second-order valence-corrected chi connectivity index (χ2v) is 14.9. The molecule has 3 heterocycles. The summed E-state index contributed by atoms with van der Waals surface area (Å²) in [4.78, 5) is 4.60. The fourth-order valence-corrected chi connectivity index (χ4v) is 8.54. The molecule has 1 aliphatic heterocycles. The van der Waals surface area contributed by atoms with Gasteiger partial charge in [0.05, 0.1) is 5.92 Å². The van der Waals surface area contributed by atoms with E-state index in [9.17, 15) is 13.2 Å². The summed E-state index contributed by atoms with van der Waals surface area (Å²) in [5, 5.41) is 1.88. The van der Waals surface area contributed by atoms with Crippen LogP contribution in [-0.2, 0) is 6.42 Å². The number of nitrogens with zero attached hydrogens (tertiary/aromatic N) is 3. The standard InChI is InChI=1S/C45H45F3N3O/c1-10-34(27(2)3)28(4)50-37-18-14-15-19-38(37)51-30(6)44(8,49-9)43(7,29(5)45(46,47)48)25-24-32-20-23-36-35-22-21-33(31-16-12-11-13-17-31)26-39(35)52-41(36)40(32)42(50)51/h10-23,26-27,29H,1,6,9,24-25H2,2-5,7-8H3/q+1/b34-28-. The van der Waals surface area contributed by atoms with Crippen molar-refractivity contribution in [3.8, 4) is 22.5 Å². The number of fused-ring (bicyclic) bond motifs is 9. The van der Waals surface area contributed by atoms with Crippen LogP contribution in [0.15, 0.2) is 119 Å². The van der Waals surface area contributed by atoms with E-state index in [2.05, 4.69) is 86.6 Å². The first kappa shape index (κ1) is 35.2. The van der Waals surface area contributed by atoms with Gasteiger partial charge in [0.1, 0.15) is 28.1 Å². The monoisotopic (exact) mass is 700 g/mol. The Morgan fingerprint density at radius 2 is 1.62 bits per heavy atom. The van der Waals surface area contributed by atoms with Crippen molar-refractivity contribution in [1.82, 2.24) is 4.57 Å². The van der Waals surface area contributed by atoms with Crippen molar-refractivity contribution in [2.45, 2.75) is 66.1 Å². The van der Waals surface area contributed by atoms with Gasteiger partial charge in [-0.1, -0.05) is 108 Å². The topological polar surface area (TPSA) is 34.3 Å². The van der Waals surface area contributed by atoms with Crippen molar-refractivity contribution >= 4 is 51.1 Å². The van der Waals surface area contributed by atoms with Crippen molar-refractivity contribution in [2.75, 3.05) is 0 Å². The number of rotatable bonds is 6. The minimum absolute atomic E-state index is 0.146. The summed E-state index contributed by atoms with van der Waals surface area (Å²) in [6, 6.07) is 28.5. The smallest absolute Gasteiger partial charge is 0.392 e. The third-order valence-corrected chi connectivity index (χ3v) is 12.1. The number of allylic oxidation sites excluding steroid dienone is 3. The van der Waals surface area contributed by atoms with Gasteiger partial charge in [-0.25, -0.2) is 0 Å². The molecule has 0 N–H and O–H groups in total. The zero-order chi connectivity index (χ0) is 37.3. The lowest BCUT2D eigenvalue weighted by Gasteiger charge is -2.47. The number of benzene rings is 4. The number of aliphatic imine (C=N–C) groups is 1. The normalized spacial score (nSPS) is 20.6. The Balaban J connectivity index is 1.68. The summed E-state index contributed by atoms with van der Waals surface area (Å²) >= 11 is 0. The van der Waals surface area contributed by atoms with Crippen molar-refractivity contribution < 1.29 is 22.2 Å². The van der Waals surface area contributed by atoms with Crippen molar-refractivity contribution in [3.63, 3.8) is 0 Å². The molecule has 7 heteroatoms. The van der Waals surface area contributed by atoms with Gasteiger partial charge in [0.2, 0.25) is 0 Å². The minimum atomic E-state index is -4.48. The third-order valence-electron chi connectivity index (χ3n) is 12.1. The van der Waals surface area contributed by atoms with Crippen LogP contribution in [0.3, 0.4) is 0 Å². The average molecular weight is 701 g/mol. The number of para-hydroxylation sites is 2. The molecule has 3 atom stereocenters. The Hall–Kier alpha value is -5.17. The summed E-state index contributed by atoms with van der Waals surface area (Å²) < 4.78 is 55.9. The van der Waals surface area contributed by atoms with E-state index in [0.29, 0.717) is 17.7 Å². The Morgan fingerprint density at radius 3 is 2.27 bits per heavy atom. The second-order valence-electron chi connectivity index (χ2n) is 14.9. The molecule has 1 aliphatic rings. The molecular formula is C45H45F3N3O+. The number of halogens is 3. The lowest BCUT2D eigenvalue weighted by Crippen LogP contribution is -2.57. The molecule has 0 amide bonds. The Morgan fingerprint density at radius 1 is 0.942 bits per heavy atom. The second kappa shape index (κ2) is 12.5. The first-order valence-electron chi connectivity index (χ1n) is 17.8. The van der Waals surface area contributed by atoms with Crippen LogP contribution in [0.1, 0.15) is 53.5 Å². The van der Waals surface area contributed by atoms with Gasteiger partial charge in [-0.15, -0.1) is 0 Å². The van der Waals surface area contributed by atoms with E-state index < -0.39 is 23.0 Å². The van der Waals surface area contributed by atoms with Gasteiger partial charge in [-0.3, -0.25) is 4.99 Å². The molecule has 0 aliphatic carbocycles. The fraction of sp³-hybridized carbons (Fsp3) is 0.289. The first-order chi connectivity index (χ1) is 24.7. The molecule has 7 rings (SSSR count). The van der Waals surface area contributed by atoms with Crippen LogP contribution in [0.4, 0.5) is 13.2 Å². The van der Waals surface area contributed by atoms with Gasteiger partial charge in [0.15, 0.2) is 16.6 Å². The number of aryl methyl sites for hydroxylation is 1. The van der Waals surface area contributed by atoms with Gasteiger partial charge in [0.25, 0.3) is 0 Å². The molecule has 3 unspecified atom stereocenters. The van der Waals surface area contributed by atoms with E-state index in [1.807, 2.05) is 59.2 Å². The zero-order valence-electron chi connectivity index (χ0n) is 30.7. The zero-order valence-corrected chi connectivity index (χ0v) is 30.7. The van der Waals surface area contributed by atoms with Crippen molar-refractivity contribution in [1.29, 1.82) is 0 Å².